The monoisotopic (exact) mass is 500 g/mol. The van der Waals surface area contributed by atoms with Gasteiger partial charge in [-0.2, -0.15) is 0 Å². The Morgan fingerprint density at radius 1 is 1.21 bits per heavy atom. The average Bonchev–Trinajstić information content (AvgIpc) is 3.38. The van der Waals surface area contributed by atoms with Crippen LogP contribution in [0.4, 0.5) is 0 Å². The first-order chi connectivity index (χ1) is 13.2. The van der Waals surface area contributed by atoms with Gasteiger partial charge in [0.15, 0.2) is 5.96 Å². The maximum atomic E-state index is 12.5. The fraction of sp³-hybridized carbons (Fsp3) is 0.600. The van der Waals surface area contributed by atoms with Crippen LogP contribution in [0.15, 0.2) is 29.3 Å². The summed E-state index contributed by atoms with van der Waals surface area (Å²) < 4.78 is 11.5. The zero-order chi connectivity index (χ0) is 18.6. The molecule has 0 saturated carbocycles. The Kier molecular flexibility index (Phi) is 7.39. The third-order valence-corrected chi connectivity index (χ3v) is 5.51. The molecule has 3 aliphatic rings. The summed E-state index contributed by atoms with van der Waals surface area (Å²) in [5.74, 6) is 2.01. The van der Waals surface area contributed by atoms with Crippen molar-refractivity contribution in [3.8, 4) is 5.75 Å². The smallest absolute Gasteiger partial charge is 0.251 e. The third-order valence-electron chi connectivity index (χ3n) is 5.51. The molecule has 154 valence electrons. The summed E-state index contributed by atoms with van der Waals surface area (Å²) in [5.41, 5.74) is 1.26. The van der Waals surface area contributed by atoms with E-state index in [2.05, 4.69) is 21.3 Å². The molecule has 0 aromatic heterocycles. The number of para-hydroxylation sites is 1. The van der Waals surface area contributed by atoms with Gasteiger partial charge < -0.3 is 24.6 Å². The molecule has 3 aliphatic heterocycles. The van der Waals surface area contributed by atoms with Crippen LogP contribution in [-0.2, 0) is 16.0 Å². The molecule has 1 aromatic carbocycles. The minimum Gasteiger partial charge on any atom is -0.488 e. The Bertz CT molecular complexity index is 675. The molecule has 3 heterocycles. The van der Waals surface area contributed by atoms with Crippen LogP contribution in [0.3, 0.4) is 0 Å². The average molecular weight is 500 g/mol. The van der Waals surface area contributed by atoms with E-state index in [0.717, 1.165) is 50.6 Å². The maximum absolute atomic E-state index is 12.5. The molecule has 2 unspecified atom stereocenters. The van der Waals surface area contributed by atoms with E-state index in [9.17, 15) is 4.79 Å². The van der Waals surface area contributed by atoms with Crippen molar-refractivity contribution in [2.75, 3.05) is 46.4 Å². The molecule has 2 atom stereocenters. The van der Waals surface area contributed by atoms with Crippen LogP contribution in [0.5, 0.6) is 5.75 Å². The minimum absolute atomic E-state index is 0. The first-order valence-electron chi connectivity index (χ1n) is 9.85. The molecule has 0 bridgehead atoms. The van der Waals surface area contributed by atoms with Gasteiger partial charge in [-0.3, -0.25) is 9.79 Å². The summed E-state index contributed by atoms with van der Waals surface area (Å²) in [5, 5.41) is 3.44. The van der Waals surface area contributed by atoms with Crippen molar-refractivity contribution in [2.45, 2.75) is 31.5 Å². The van der Waals surface area contributed by atoms with Crippen LogP contribution in [0, 0.1) is 0 Å². The number of piperazine rings is 1. The van der Waals surface area contributed by atoms with Gasteiger partial charge in [-0.15, -0.1) is 24.0 Å². The molecule has 1 N–H and O–H groups in total. The molecule has 1 aromatic rings. The van der Waals surface area contributed by atoms with Crippen molar-refractivity contribution in [3.05, 3.63) is 29.8 Å². The lowest BCUT2D eigenvalue weighted by Crippen LogP contribution is -2.56. The van der Waals surface area contributed by atoms with Gasteiger partial charge in [0, 0.05) is 46.3 Å². The molecule has 1 amide bonds. The number of amides is 1. The van der Waals surface area contributed by atoms with Crippen LogP contribution in [0.2, 0.25) is 0 Å². The number of hydrogen-bond acceptors (Lipinski definition) is 4. The van der Waals surface area contributed by atoms with E-state index in [0.29, 0.717) is 19.7 Å². The van der Waals surface area contributed by atoms with Crippen molar-refractivity contribution in [3.63, 3.8) is 0 Å². The Hall–Kier alpha value is -1.55. The first-order valence-corrected chi connectivity index (χ1v) is 9.85. The number of ether oxygens (including phenoxy) is 2. The van der Waals surface area contributed by atoms with Gasteiger partial charge in [0.1, 0.15) is 18.0 Å². The predicted molar refractivity (Wildman–Crippen MR) is 118 cm³/mol. The third kappa shape index (κ3) is 4.71. The fourth-order valence-corrected chi connectivity index (χ4v) is 4.02. The number of hydrogen-bond donors (Lipinski definition) is 1. The normalized spacial score (nSPS) is 24.4. The number of aliphatic imine (C=N–C) groups is 1. The molecule has 0 spiro atoms. The number of nitrogens with zero attached hydrogens (tertiary/aromatic N) is 3. The Balaban J connectivity index is 0.00000225. The number of carbonyl (C=O) groups excluding carboxylic acids is 1. The van der Waals surface area contributed by atoms with Gasteiger partial charge in [0.05, 0.1) is 6.54 Å². The lowest BCUT2D eigenvalue weighted by atomic mass is 10.1. The molecule has 28 heavy (non-hydrogen) atoms. The summed E-state index contributed by atoms with van der Waals surface area (Å²) in [7, 11) is 1.80. The molecule has 0 aliphatic carbocycles. The summed E-state index contributed by atoms with van der Waals surface area (Å²) in [6.07, 6.45) is 2.66. The van der Waals surface area contributed by atoms with Gasteiger partial charge in [0.25, 0.3) is 5.91 Å². The molecule has 2 fully saturated rings. The van der Waals surface area contributed by atoms with Crippen LogP contribution >= 0.6 is 24.0 Å². The van der Waals surface area contributed by atoms with Gasteiger partial charge in [0.2, 0.25) is 0 Å². The second-order valence-electron chi connectivity index (χ2n) is 7.29. The van der Waals surface area contributed by atoms with Crippen LogP contribution in [-0.4, -0.2) is 80.3 Å². The van der Waals surface area contributed by atoms with Gasteiger partial charge in [-0.25, -0.2) is 0 Å². The molecule has 0 radical (unpaired) electrons. The van der Waals surface area contributed by atoms with Crippen molar-refractivity contribution >= 4 is 35.8 Å². The first kappa shape index (κ1) is 21.2. The van der Waals surface area contributed by atoms with Crippen molar-refractivity contribution in [1.82, 2.24) is 15.1 Å². The summed E-state index contributed by atoms with van der Waals surface area (Å²) >= 11 is 0. The molecule has 7 nitrogen and oxygen atoms in total. The number of halogens is 1. The Labute approximate surface area is 183 Å². The Morgan fingerprint density at radius 2 is 1.96 bits per heavy atom. The van der Waals surface area contributed by atoms with E-state index in [-0.39, 0.29) is 42.1 Å². The maximum Gasteiger partial charge on any atom is 0.251 e. The largest absolute Gasteiger partial charge is 0.488 e. The van der Waals surface area contributed by atoms with Crippen molar-refractivity contribution < 1.29 is 14.3 Å². The van der Waals surface area contributed by atoms with Crippen LogP contribution in [0.1, 0.15) is 18.4 Å². The molecular weight excluding hydrogens is 471 g/mol. The minimum atomic E-state index is -0.227. The van der Waals surface area contributed by atoms with E-state index in [1.165, 1.54) is 5.56 Å². The summed E-state index contributed by atoms with van der Waals surface area (Å²) in [6, 6.07) is 8.20. The van der Waals surface area contributed by atoms with E-state index in [1.807, 2.05) is 23.1 Å². The lowest BCUT2D eigenvalue weighted by Gasteiger charge is -2.37. The number of guanidine groups is 1. The lowest BCUT2D eigenvalue weighted by molar-refractivity contribution is -0.142. The number of fused-ring (bicyclic) bond motifs is 1. The highest BCUT2D eigenvalue weighted by Crippen LogP contribution is 2.27. The highest BCUT2D eigenvalue weighted by atomic mass is 127. The Morgan fingerprint density at radius 3 is 2.64 bits per heavy atom. The van der Waals surface area contributed by atoms with E-state index in [1.54, 1.807) is 7.05 Å². The molecule has 2 saturated heterocycles. The summed E-state index contributed by atoms with van der Waals surface area (Å²) in [4.78, 5) is 21.0. The van der Waals surface area contributed by atoms with Crippen molar-refractivity contribution in [2.24, 2.45) is 4.99 Å². The predicted octanol–water partition coefficient (Wildman–Crippen LogP) is 1.51. The summed E-state index contributed by atoms with van der Waals surface area (Å²) in [6.45, 7) is 4.42. The SMILES string of the molecule is CN=C(NCC1Cc2ccccc2O1)N1CCN(C(=O)C2CCCO2)CC1.I. The van der Waals surface area contributed by atoms with Gasteiger partial charge in [-0.05, 0) is 24.5 Å². The number of benzene rings is 1. The topological polar surface area (TPSA) is 66.4 Å². The van der Waals surface area contributed by atoms with Crippen LogP contribution in [0.25, 0.3) is 0 Å². The number of carbonyl (C=O) groups is 1. The molecule has 4 rings (SSSR count). The molecular formula is C20H29IN4O3. The van der Waals surface area contributed by atoms with Gasteiger partial charge in [-0.1, -0.05) is 18.2 Å². The second-order valence-corrected chi connectivity index (χ2v) is 7.29. The highest BCUT2D eigenvalue weighted by Gasteiger charge is 2.31. The van der Waals surface area contributed by atoms with Crippen LogP contribution < -0.4 is 10.1 Å². The highest BCUT2D eigenvalue weighted by molar-refractivity contribution is 14.0. The zero-order valence-electron chi connectivity index (χ0n) is 16.3. The van der Waals surface area contributed by atoms with E-state index in [4.69, 9.17) is 9.47 Å². The number of nitrogens with one attached hydrogen (secondary N) is 1. The standard InChI is InChI=1S/C20H28N4O3.HI/c1-21-20(22-14-16-13-15-5-2-3-6-17(15)27-16)24-10-8-23(9-11-24)19(25)18-7-4-12-26-18;/h2-3,5-6,16,18H,4,7-14H2,1H3,(H,21,22);1H. The fourth-order valence-electron chi connectivity index (χ4n) is 4.02. The zero-order valence-corrected chi connectivity index (χ0v) is 18.6. The van der Waals surface area contributed by atoms with E-state index >= 15 is 0 Å². The number of rotatable bonds is 3. The second kappa shape index (κ2) is 9.78. The molecule has 8 heteroatoms. The van der Waals surface area contributed by atoms with Gasteiger partial charge >= 0.3 is 0 Å². The van der Waals surface area contributed by atoms with E-state index < -0.39 is 0 Å². The van der Waals surface area contributed by atoms with Crippen molar-refractivity contribution in [1.29, 1.82) is 0 Å². The quantitative estimate of drug-likeness (QED) is 0.388.